The monoisotopic (exact) mass is 780 g/mol. The van der Waals surface area contributed by atoms with Gasteiger partial charge in [0.15, 0.2) is 0 Å². The molecule has 0 saturated carbocycles. The third kappa shape index (κ3) is 4.67. The molecule has 1 atom stereocenters. The Morgan fingerprint density at radius 2 is 1.07 bits per heavy atom. The fourth-order valence-electron chi connectivity index (χ4n) is 10.6. The summed E-state index contributed by atoms with van der Waals surface area (Å²) in [6.45, 7) is 0. The van der Waals surface area contributed by atoms with Crippen molar-refractivity contribution in [2.75, 3.05) is 5.32 Å². The highest BCUT2D eigenvalue weighted by molar-refractivity contribution is 7.22. The lowest BCUT2D eigenvalue weighted by molar-refractivity contribution is 0.801. The maximum absolute atomic E-state index is 5.40. The zero-order valence-corrected chi connectivity index (χ0v) is 33.4. The lowest BCUT2D eigenvalue weighted by Crippen LogP contribution is -2.26. The van der Waals surface area contributed by atoms with Crippen LogP contribution < -0.4 is 5.32 Å². The van der Waals surface area contributed by atoms with Crippen LogP contribution in [-0.2, 0) is 5.41 Å². The van der Waals surface area contributed by atoms with Crippen LogP contribution in [0.5, 0.6) is 0 Å². The highest BCUT2D eigenvalue weighted by Crippen LogP contribution is 2.66. The molecule has 280 valence electrons. The first kappa shape index (κ1) is 33.6. The third-order valence-electron chi connectivity index (χ3n) is 13.1. The molecule has 0 fully saturated rings. The predicted octanol–water partition coefficient (Wildman–Crippen LogP) is 14.7. The number of anilines is 1. The van der Waals surface area contributed by atoms with E-state index in [4.69, 9.17) is 4.99 Å². The van der Waals surface area contributed by atoms with Crippen LogP contribution in [0.1, 0.15) is 44.4 Å². The normalized spacial score (nSPS) is 15.2. The first-order valence-electron chi connectivity index (χ1n) is 20.7. The SMILES string of the molecule is c1ccc(C2=NC(c3ccc(-c4ccc5c(c4)C4(c6ccccc6-c6ccccc64)c4c-5c(-c5ccccc5)cc5ccccc45)cc3)Nc3c2sc2ccccc32)cc1. The minimum Gasteiger partial charge on any atom is -0.358 e. The van der Waals surface area contributed by atoms with Gasteiger partial charge in [-0.2, -0.15) is 0 Å². The lowest BCUT2D eigenvalue weighted by Gasteiger charge is -2.32. The van der Waals surface area contributed by atoms with Gasteiger partial charge in [-0.25, -0.2) is 0 Å². The van der Waals surface area contributed by atoms with Crippen molar-refractivity contribution in [2.45, 2.75) is 11.6 Å². The van der Waals surface area contributed by atoms with E-state index in [1.165, 1.54) is 98.2 Å². The summed E-state index contributed by atoms with van der Waals surface area (Å²) in [6, 6.07) is 76.2. The smallest absolute Gasteiger partial charge is 0.145 e. The molecule has 3 heteroatoms. The van der Waals surface area contributed by atoms with Gasteiger partial charge in [-0.1, -0.05) is 188 Å². The summed E-state index contributed by atoms with van der Waals surface area (Å²) in [5.74, 6) is 0. The van der Waals surface area contributed by atoms with Crippen molar-refractivity contribution in [1.29, 1.82) is 0 Å². The van der Waals surface area contributed by atoms with Gasteiger partial charge in [-0.3, -0.25) is 4.99 Å². The van der Waals surface area contributed by atoms with Crippen LogP contribution in [0.25, 0.3) is 65.4 Å². The molecule has 0 amide bonds. The van der Waals surface area contributed by atoms with Gasteiger partial charge < -0.3 is 5.32 Å². The number of benzene rings is 9. The summed E-state index contributed by atoms with van der Waals surface area (Å²) >= 11 is 1.81. The summed E-state index contributed by atoms with van der Waals surface area (Å²) in [6.07, 6.45) is -0.214. The molecule has 3 aliphatic rings. The van der Waals surface area contributed by atoms with Gasteiger partial charge in [-0.05, 0) is 101 Å². The molecule has 0 saturated heterocycles. The number of rotatable bonds is 4. The number of nitrogens with zero attached hydrogens (tertiary/aromatic N) is 1. The second-order valence-corrected chi connectivity index (χ2v) is 17.2. The second kappa shape index (κ2) is 12.8. The van der Waals surface area contributed by atoms with Crippen molar-refractivity contribution in [2.24, 2.45) is 4.99 Å². The standard InChI is InChI=1S/C57H36N2S/c1-3-15-36(16-4-1)46-33-40-19-7-8-20-41(40)52-51(46)44-32-31-39(34-49(44)57(52)47-24-12-9-21-42(47)43-22-10-13-25-48(43)57)35-27-29-38(30-28-35)56-58-53(37-17-5-2-6-18-37)55-54(59-56)45-23-11-14-26-50(45)60-55/h1-34,56,59H. The Morgan fingerprint density at radius 1 is 0.450 bits per heavy atom. The summed E-state index contributed by atoms with van der Waals surface area (Å²) in [5.41, 5.74) is 19.6. The van der Waals surface area contributed by atoms with Crippen LogP contribution in [-0.4, -0.2) is 5.71 Å². The first-order chi connectivity index (χ1) is 29.8. The van der Waals surface area contributed by atoms with Crippen LogP contribution in [0.3, 0.4) is 0 Å². The molecular weight excluding hydrogens is 745 g/mol. The van der Waals surface area contributed by atoms with E-state index >= 15 is 0 Å². The van der Waals surface area contributed by atoms with Crippen LogP contribution >= 0.6 is 11.3 Å². The van der Waals surface area contributed by atoms with E-state index < -0.39 is 5.41 Å². The molecule has 1 unspecified atom stereocenters. The van der Waals surface area contributed by atoms with Crippen molar-refractivity contribution >= 4 is 43.6 Å². The van der Waals surface area contributed by atoms with Crippen molar-refractivity contribution in [1.82, 2.24) is 0 Å². The molecule has 2 aliphatic carbocycles. The maximum Gasteiger partial charge on any atom is 0.145 e. The average molecular weight is 781 g/mol. The number of fused-ring (bicyclic) bond motifs is 15. The molecule has 1 spiro atoms. The van der Waals surface area contributed by atoms with Crippen molar-refractivity contribution < 1.29 is 0 Å². The molecule has 1 N–H and O–H groups in total. The number of hydrogen-bond acceptors (Lipinski definition) is 3. The Balaban J connectivity index is 0.999. The van der Waals surface area contributed by atoms with E-state index in [1.807, 2.05) is 11.3 Å². The minimum atomic E-state index is -0.492. The number of aliphatic imine (C=N–C) groups is 1. The van der Waals surface area contributed by atoms with Crippen molar-refractivity contribution in [3.8, 4) is 44.5 Å². The van der Waals surface area contributed by atoms with E-state index in [9.17, 15) is 0 Å². The highest BCUT2D eigenvalue weighted by atomic mass is 32.1. The van der Waals surface area contributed by atoms with Gasteiger partial charge in [0.1, 0.15) is 6.17 Å². The number of thiophene rings is 1. The number of nitrogens with one attached hydrogen (secondary N) is 1. The zero-order valence-electron chi connectivity index (χ0n) is 32.6. The zero-order chi connectivity index (χ0) is 39.4. The second-order valence-electron chi connectivity index (χ2n) is 16.2. The summed E-state index contributed by atoms with van der Waals surface area (Å²) in [4.78, 5) is 6.59. The lowest BCUT2D eigenvalue weighted by atomic mass is 9.69. The summed E-state index contributed by atoms with van der Waals surface area (Å²) in [5, 5.41) is 7.66. The van der Waals surface area contributed by atoms with Crippen LogP contribution in [0, 0.1) is 0 Å². The van der Waals surface area contributed by atoms with E-state index in [-0.39, 0.29) is 6.17 Å². The van der Waals surface area contributed by atoms with Crippen LogP contribution in [0.15, 0.2) is 211 Å². The highest BCUT2D eigenvalue weighted by Gasteiger charge is 2.53. The molecule has 60 heavy (non-hydrogen) atoms. The molecule has 1 aromatic heterocycles. The average Bonchev–Trinajstić information content (AvgIpc) is 3.96. The fourth-order valence-corrected chi connectivity index (χ4v) is 11.8. The van der Waals surface area contributed by atoms with Gasteiger partial charge in [-0.15, -0.1) is 11.3 Å². The Labute approximate surface area is 352 Å². The third-order valence-corrected chi connectivity index (χ3v) is 14.3. The minimum absolute atomic E-state index is 0.214. The fraction of sp³-hybridized carbons (Fsp3) is 0.0351. The quantitative estimate of drug-likeness (QED) is 0.189. The van der Waals surface area contributed by atoms with E-state index in [1.54, 1.807) is 0 Å². The van der Waals surface area contributed by atoms with Gasteiger partial charge in [0.2, 0.25) is 0 Å². The van der Waals surface area contributed by atoms with Gasteiger partial charge >= 0.3 is 0 Å². The molecule has 0 bridgehead atoms. The molecule has 10 aromatic rings. The first-order valence-corrected chi connectivity index (χ1v) is 21.6. The van der Waals surface area contributed by atoms with Crippen LogP contribution in [0.2, 0.25) is 0 Å². The Morgan fingerprint density at radius 3 is 1.82 bits per heavy atom. The topological polar surface area (TPSA) is 24.4 Å². The Bertz CT molecular complexity index is 3350. The Hall–Kier alpha value is -7.33. The molecule has 2 heterocycles. The van der Waals surface area contributed by atoms with Gasteiger partial charge in [0.25, 0.3) is 0 Å². The van der Waals surface area contributed by atoms with E-state index in [2.05, 4.69) is 212 Å². The summed E-state index contributed by atoms with van der Waals surface area (Å²) in [7, 11) is 0. The largest absolute Gasteiger partial charge is 0.358 e. The molecule has 9 aromatic carbocycles. The number of hydrogen-bond donors (Lipinski definition) is 1. The van der Waals surface area contributed by atoms with Crippen molar-refractivity contribution in [3.05, 3.63) is 245 Å². The van der Waals surface area contributed by atoms with Gasteiger partial charge in [0.05, 0.1) is 21.7 Å². The molecule has 1 aliphatic heterocycles. The van der Waals surface area contributed by atoms with E-state index in [0.29, 0.717) is 0 Å². The van der Waals surface area contributed by atoms with E-state index in [0.717, 1.165) is 16.8 Å². The molecule has 13 rings (SSSR count). The van der Waals surface area contributed by atoms with Crippen molar-refractivity contribution in [3.63, 3.8) is 0 Å². The molecular formula is C57H36N2S. The van der Waals surface area contributed by atoms with Gasteiger partial charge in [0, 0.05) is 15.6 Å². The maximum atomic E-state index is 5.40. The Kier molecular flexibility index (Phi) is 7.19. The predicted molar refractivity (Wildman–Crippen MR) is 251 cm³/mol. The van der Waals surface area contributed by atoms with Crippen LogP contribution in [0.4, 0.5) is 5.69 Å². The molecule has 0 radical (unpaired) electrons. The molecule has 2 nitrogen and oxygen atoms in total. The summed E-state index contributed by atoms with van der Waals surface area (Å²) < 4.78 is 1.27.